The number of hydrogen-bond donors (Lipinski definition) is 3. The van der Waals surface area contributed by atoms with Crippen molar-refractivity contribution in [3.63, 3.8) is 0 Å². The summed E-state index contributed by atoms with van der Waals surface area (Å²) in [7, 11) is 0. The van der Waals surface area contributed by atoms with Gasteiger partial charge in [0, 0.05) is 19.0 Å². The van der Waals surface area contributed by atoms with E-state index in [1.807, 2.05) is 30.3 Å². The van der Waals surface area contributed by atoms with E-state index < -0.39 is 0 Å². The Labute approximate surface area is 161 Å². The van der Waals surface area contributed by atoms with Crippen molar-refractivity contribution in [1.29, 1.82) is 5.26 Å². The summed E-state index contributed by atoms with van der Waals surface area (Å²) in [5.41, 5.74) is 9.04. The summed E-state index contributed by atoms with van der Waals surface area (Å²) in [5, 5.41) is 23.0. The maximum atomic E-state index is 12.9. The molecule has 0 atom stereocenters. The molecule has 1 aromatic heterocycles. The van der Waals surface area contributed by atoms with E-state index in [9.17, 15) is 9.90 Å². The lowest BCUT2D eigenvalue weighted by Crippen LogP contribution is -2.25. The molecule has 142 valence electrons. The Morgan fingerprint density at radius 1 is 1.18 bits per heavy atom. The third-order valence-electron chi connectivity index (χ3n) is 4.91. The van der Waals surface area contributed by atoms with E-state index in [2.05, 4.69) is 22.0 Å². The molecule has 2 heterocycles. The van der Waals surface area contributed by atoms with Crippen molar-refractivity contribution in [1.82, 2.24) is 25.2 Å². The average molecular weight is 376 g/mol. The normalized spacial score (nSPS) is 14.3. The predicted molar refractivity (Wildman–Crippen MR) is 103 cm³/mol. The van der Waals surface area contributed by atoms with Gasteiger partial charge >= 0.3 is 5.69 Å². The molecule has 0 aliphatic carbocycles. The second-order valence-electron chi connectivity index (χ2n) is 6.72. The van der Waals surface area contributed by atoms with Crippen LogP contribution in [-0.4, -0.2) is 32.5 Å². The highest BCUT2D eigenvalue weighted by Gasteiger charge is 2.18. The molecule has 0 unspecified atom stereocenters. The van der Waals surface area contributed by atoms with Gasteiger partial charge in [0.05, 0.1) is 23.9 Å². The highest BCUT2D eigenvalue weighted by Crippen LogP contribution is 2.18. The van der Waals surface area contributed by atoms with Crippen LogP contribution >= 0.6 is 0 Å². The standard InChI is InChI=1S/C20H20N6O2/c21-9-14-2-1-3-15(8-14)12-25-19(13-27)24-26(20(25)28)18-6-4-16(5-7-18)17-10-22-23-11-17/h1-8,17,22-23,27H,10-13H2. The fraction of sp³-hybridized carbons (Fsp3) is 0.250. The number of aliphatic hydroxyl groups is 1. The van der Waals surface area contributed by atoms with Gasteiger partial charge in [-0.1, -0.05) is 24.3 Å². The highest BCUT2D eigenvalue weighted by molar-refractivity contribution is 5.36. The van der Waals surface area contributed by atoms with E-state index in [0.29, 0.717) is 17.2 Å². The molecular weight excluding hydrogens is 356 g/mol. The number of hydrazine groups is 1. The summed E-state index contributed by atoms with van der Waals surface area (Å²) < 4.78 is 2.73. The average Bonchev–Trinajstić information content (AvgIpc) is 3.38. The van der Waals surface area contributed by atoms with E-state index in [1.54, 1.807) is 18.2 Å². The van der Waals surface area contributed by atoms with Gasteiger partial charge in [0.1, 0.15) is 6.61 Å². The minimum absolute atomic E-state index is 0.238. The van der Waals surface area contributed by atoms with E-state index >= 15 is 0 Å². The van der Waals surface area contributed by atoms with Gasteiger partial charge < -0.3 is 5.11 Å². The van der Waals surface area contributed by atoms with Crippen LogP contribution in [0.2, 0.25) is 0 Å². The maximum absolute atomic E-state index is 12.9. The topological polar surface area (TPSA) is 108 Å². The lowest BCUT2D eigenvalue weighted by Gasteiger charge is -2.08. The Kier molecular flexibility index (Phi) is 5.04. The van der Waals surface area contributed by atoms with Gasteiger partial charge in [-0.05, 0) is 35.4 Å². The predicted octanol–water partition coefficient (Wildman–Crippen LogP) is 0.638. The van der Waals surface area contributed by atoms with Crippen LogP contribution in [0.4, 0.5) is 0 Å². The van der Waals surface area contributed by atoms with Gasteiger partial charge in [-0.3, -0.25) is 15.4 Å². The van der Waals surface area contributed by atoms with Gasteiger partial charge in [0.25, 0.3) is 0 Å². The van der Waals surface area contributed by atoms with Crippen molar-refractivity contribution in [3.8, 4) is 11.8 Å². The van der Waals surface area contributed by atoms with Crippen LogP contribution in [0.5, 0.6) is 0 Å². The van der Waals surface area contributed by atoms with Crippen LogP contribution in [0.3, 0.4) is 0 Å². The number of nitrogens with one attached hydrogen (secondary N) is 2. The zero-order valence-corrected chi connectivity index (χ0v) is 15.2. The monoisotopic (exact) mass is 376 g/mol. The fourth-order valence-electron chi connectivity index (χ4n) is 3.39. The summed E-state index contributed by atoms with van der Waals surface area (Å²) in [6, 6.07) is 16.9. The molecule has 0 saturated carbocycles. The van der Waals surface area contributed by atoms with Gasteiger partial charge in [-0.2, -0.15) is 9.94 Å². The minimum Gasteiger partial charge on any atom is -0.388 e. The molecule has 0 radical (unpaired) electrons. The number of nitriles is 1. The molecule has 1 aliphatic rings. The third kappa shape index (κ3) is 3.46. The van der Waals surface area contributed by atoms with E-state index in [4.69, 9.17) is 5.26 Å². The summed E-state index contributed by atoms with van der Waals surface area (Å²) >= 11 is 0. The molecule has 3 N–H and O–H groups in total. The Morgan fingerprint density at radius 2 is 1.93 bits per heavy atom. The number of hydrogen-bond acceptors (Lipinski definition) is 6. The van der Waals surface area contributed by atoms with Crippen LogP contribution in [-0.2, 0) is 13.2 Å². The number of nitrogens with zero attached hydrogens (tertiary/aromatic N) is 4. The first-order valence-corrected chi connectivity index (χ1v) is 9.04. The largest absolute Gasteiger partial charge is 0.388 e. The number of aromatic nitrogens is 3. The Balaban J connectivity index is 1.65. The molecule has 0 spiro atoms. The minimum atomic E-state index is -0.350. The lowest BCUT2D eigenvalue weighted by molar-refractivity contribution is 0.265. The quantitative estimate of drug-likeness (QED) is 0.603. The van der Waals surface area contributed by atoms with Gasteiger partial charge in [-0.25, -0.2) is 4.79 Å². The first kappa shape index (κ1) is 18.1. The summed E-state index contributed by atoms with van der Waals surface area (Å²) in [6.45, 7) is 1.62. The van der Waals surface area contributed by atoms with E-state index in [0.717, 1.165) is 18.7 Å². The van der Waals surface area contributed by atoms with Crippen molar-refractivity contribution in [2.45, 2.75) is 19.1 Å². The molecule has 1 fully saturated rings. The summed E-state index contributed by atoms with van der Waals surface area (Å²) in [4.78, 5) is 12.9. The molecule has 4 rings (SSSR count). The van der Waals surface area contributed by atoms with Gasteiger partial charge in [0.2, 0.25) is 0 Å². The summed E-state index contributed by atoms with van der Waals surface area (Å²) in [5.74, 6) is 0.671. The molecule has 28 heavy (non-hydrogen) atoms. The van der Waals surface area contributed by atoms with Crippen molar-refractivity contribution in [2.24, 2.45) is 0 Å². The Bertz CT molecular complexity index is 1070. The fourth-order valence-corrected chi connectivity index (χ4v) is 3.39. The first-order valence-electron chi connectivity index (χ1n) is 9.04. The molecule has 0 amide bonds. The molecule has 2 aromatic carbocycles. The van der Waals surface area contributed by atoms with Crippen LogP contribution in [0.1, 0.15) is 28.4 Å². The number of rotatable bonds is 5. The molecule has 0 bridgehead atoms. The molecule has 8 nitrogen and oxygen atoms in total. The van der Waals surface area contributed by atoms with Crippen molar-refractivity contribution in [2.75, 3.05) is 13.1 Å². The first-order chi connectivity index (χ1) is 13.7. The van der Waals surface area contributed by atoms with Gasteiger partial charge in [0.15, 0.2) is 5.82 Å². The zero-order valence-electron chi connectivity index (χ0n) is 15.2. The molecule has 8 heteroatoms. The van der Waals surface area contributed by atoms with Crippen molar-refractivity contribution >= 4 is 0 Å². The molecule has 3 aromatic rings. The van der Waals surface area contributed by atoms with Crippen LogP contribution in [0.25, 0.3) is 5.69 Å². The van der Waals surface area contributed by atoms with Crippen LogP contribution in [0.15, 0.2) is 53.3 Å². The molecule has 1 saturated heterocycles. The number of benzene rings is 2. The lowest BCUT2D eigenvalue weighted by atomic mass is 10.0. The van der Waals surface area contributed by atoms with Crippen LogP contribution in [0, 0.1) is 11.3 Å². The van der Waals surface area contributed by atoms with Gasteiger partial charge in [-0.15, -0.1) is 5.10 Å². The maximum Gasteiger partial charge on any atom is 0.351 e. The Morgan fingerprint density at radius 3 is 2.61 bits per heavy atom. The highest BCUT2D eigenvalue weighted by atomic mass is 16.3. The van der Waals surface area contributed by atoms with Crippen molar-refractivity contribution in [3.05, 3.63) is 81.5 Å². The zero-order chi connectivity index (χ0) is 19.5. The Hall–Kier alpha value is -3.25. The number of aliphatic hydroxyl groups excluding tert-OH is 1. The second-order valence-corrected chi connectivity index (χ2v) is 6.72. The smallest absolute Gasteiger partial charge is 0.351 e. The van der Waals surface area contributed by atoms with E-state index in [-0.39, 0.29) is 24.7 Å². The second kappa shape index (κ2) is 7.78. The SMILES string of the molecule is N#Cc1cccc(Cn2c(CO)nn(-c3ccc(C4CNNC4)cc3)c2=O)c1. The van der Waals surface area contributed by atoms with Crippen LogP contribution < -0.4 is 16.5 Å². The van der Waals surface area contributed by atoms with Crippen molar-refractivity contribution < 1.29 is 5.11 Å². The van der Waals surface area contributed by atoms with E-state index in [1.165, 1.54) is 14.8 Å². The molecular formula is C20H20N6O2. The third-order valence-corrected chi connectivity index (χ3v) is 4.91. The summed E-state index contributed by atoms with van der Waals surface area (Å²) in [6.07, 6.45) is 0. The molecule has 1 aliphatic heterocycles.